The molecule has 2 amide bonds. The number of urea groups is 1. The quantitative estimate of drug-likeness (QED) is 0.674. The van der Waals surface area contributed by atoms with Crippen LogP contribution in [0, 0.1) is 0 Å². The van der Waals surface area contributed by atoms with Crippen LogP contribution >= 0.6 is 0 Å². The molecular formula is C12H23N3O3S. The predicted molar refractivity (Wildman–Crippen MR) is 73.9 cm³/mol. The molecule has 2 aliphatic heterocycles. The van der Waals surface area contributed by atoms with Gasteiger partial charge >= 0.3 is 6.03 Å². The summed E-state index contributed by atoms with van der Waals surface area (Å²) in [5.41, 5.74) is 0. The molecular weight excluding hydrogens is 266 g/mol. The van der Waals surface area contributed by atoms with Gasteiger partial charge in [-0.15, -0.1) is 0 Å². The third-order valence-corrected chi connectivity index (χ3v) is 5.77. The van der Waals surface area contributed by atoms with E-state index in [9.17, 15) is 13.2 Å². The lowest BCUT2D eigenvalue weighted by Gasteiger charge is -2.38. The van der Waals surface area contributed by atoms with Crippen molar-refractivity contribution >= 4 is 15.9 Å². The Labute approximate surface area is 115 Å². The monoisotopic (exact) mass is 289 g/mol. The molecule has 0 atom stereocenters. The summed E-state index contributed by atoms with van der Waals surface area (Å²) in [6.45, 7) is 4.46. The minimum absolute atomic E-state index is 0.0695. The van der Waals surface area contributed by atoms with Crippen LogP contribution in [0.1, 0.15) is 12.8 Å². The van der Waals surface area contributed by atoms with Gasteiger partial charge in [0.25, 0.3) is 0 Å². The van der Waals surface area contributed by atoms with Crippen molar-refractivity contribution in [3.05, 3.63) is 0 Å². The molecule has 2 saturated heterocycles. The standard InChI is InChI=1S/C12H23N3O3S/c1-13-7-9-15(10-8-13)12(16)14-5-3-11(4-6-14)19(2,17)18/h11H,3-10H2,1-2H3. The molecule has 0 aliphatic carbocycles. The van der Waals surface area contributed by atoms with Gasteiger partial charge in [0.15, 0.2) is 0 Å². The van der Waals surface area contributed by atoms with Crippen molar-refractivity contribution in [1.29, 1.82) is 0 Å². The van der Waals surface area contributed by atoms with Crippen LogP contribution in [0.15, 0.2) is 0 Å². The van der Waals surface area contributed by atoms with Gasteiger partial charge < -0.3 is 14.7 Å². The van der Waals surface area contributed by atoms with E-state index < -0.39 is 9.84 Å². The van der Waals surface area contributed by atoms with E-state index in [0.717, 1.165) is 26.2 Å². The third-order valence-electron chi connectivity index (χ3n) is 4.09. The summed E-state index contributed by atoms with van der Waals surface area (Å²) in [5, 5.41) is -0.274. The minimum Gasteiger partial charge on any atom is -0.325 e. The molecule has 0 saturated carbocycles. The largest absolute Gasteiger partial charge is 0.325 e. The molecule has 110 valence electrons. The maximum Gasteiger partial charge on any atom is 0.320 e. The summed E-state index contributed by atoms with van der Waals surface area (Å²) in [4.78, 5) is 18.2. The second-order valence-corrected chi connectivity index (χ2v) is 7.91. The molecule has 0 spiro atoms. The first-order valence-corrected chi connectivity index (χ1v) is 8.74. The van der Waals surface area contributed by atoms with E-state index in [1.165, 1.54) is 6.26 Å². The molecule has 0 aromatic rings. The van der Waals surface area contributed by atoms with Gasteiger partial charge in [-0.2, -0.15) is 0 Å². The second kappa shape index (κ2) is 5.66. The van der Waals surface area contributed by atoms with Crippen LogP contribution in [0.2, 0.25) is 0 Å². The fraction of sp³-hybridized carbons (Fsp3) is 0.917. The summed E-state index contributed by atoms with van der Waals surface area (Å²) in [7, 11) is -0.910. The Morgan fingerprint density at radius 2 is 1.42 bits per heavy atom. The number of rotatable bonds is 1. The van der Waals surface area contributed by atoms with Gasteiger partial charge in [0.2, 0.25) is 0 Å². The van der Waals surface area contributed by atoms with Crippen molar-refractivity contribution in [3.8, 4) is 0 Å². The Morgan fingerprint density at radius 1 is 0.947 bits per heavy atom. The summed E-state index contributed by atoms with van der Waals surface area (Å²) in [6.07, 6.45) is 2.42. The molecule has 0 bridgehead atoms. The lowest BCUT2D eigenvalue weighted by Crippen LogP contribution is -2.54. The summed E-state index contributed by atoms with van der Waals surface area (Å²) < 4.78 is 23.0. The van der Waals surface area contributed by atoms with Crippen LogP contribution in [0.3, 0.4) is 0 Å². The number of carbonyl (C=O) groups excluding carboxylic acids is 1. The predicted octanol–water partition coefficient (Wildman–Crippen LogP) is -0.137. The van der Waals surface area contributed by atoms with Gasteiger partial charge in [-0.3, -0.25) is 0 Å². The van der Waals surface area contributed by atoms with Crippen molar-refractivity contribution in [3.63, 3.8) is 0 Å². The van der Waals surface area contributed by atoms with Crippen LogP contribution in [0.4, 0.5) is 4.79 Å². The number of piperazine rings is 1. The average Bonchev–Trinajstić information content (AvgIpc) is 2.38. The van der Waals surface area contributed by atoms with Crippen LogP contribution in [0.5, 0.6) is 0 Å². The molecule has 0 aromatic heterocycles. The van der Waals surface area contributed by atoms with E-state index >= 15 is 0 Å². The molecule has 2 heterocycles. The number of piperidine rings is 1. The highest BCUT2D eigenvalue weighted by Gasteiger charge is 2.31. The molecule has 2 aliphatic rings. The van der Waals surface area contributed by atoms with Gasteiger partial charge in [-0.05, 0) is 19.9 Å². The van der Waals surface area contributed by atoms with E-state index in [1.54, 1.807) is 4.90 Å². The van der Waals surface area contributed by atoms with E-state index in [1.807, 2.05) is 4.90 Å². The van der Waals surface area contributed by atoms with Gasteiger partial charge in [0, 0.05) is 45.5 Å². The van der Waals surface area contributed by atoms with Gasteiger partial charge in [-0.25, -0.2) is 13.2 Å². The zero-order chi connectivity index (χ0) is 14.0. The molecule has 2 rings (SSSR count). The first-order chi connectivity index (χ1) is 8.88. The van der Waals surface area contributed by atoms with E-state index in [0.29, 0.717) is 25.9 Å². The lowest BCUT2D eigenvalue weighted by molar-refractivity contribution is 0.116. The highest BCUT2D eigenvalue weighted by molar-refractivity contribution is 7.91. The molecule has 2 fully saturated rings. The number of sulfone groups is 1. The molecule has 0 N–H and O–H groups in total. The molecule has 0 aromatic carbocycles. The zero-order valence-electron chi connectivity index (χ0n) is 11.7. The zero-order valence-corrected chi connectivity index (χ0v) is 12.5. The molecule has 0 unspecified atom stereocenters. The summed E-state index contributed by atoms with van der Waals surface area (Å²) >= 11 is 0. The fourth-order valence-electron chi connectivity index (χ4n) is 2.67. The van der Waals surface area contributed by atoms with Crippen LogP contribution in [-0.4, -0.2) is 87.0 Å². The Morgan fingerprint density at radius 3 is 1.89 bits per heavy atom. The number of nitrogens with zero attached hydrogens (tertiary/aromatic N) is 3. The smallest absolute Gasteiger partial charge is 0.320 e. The van der Waals surface area contributed by atoms with E-state index in [2.05, 4.69) is 11.9 Å². The minimum atomic E-state index is -2.97. The van der Waals surface area contributed by atoms with Gasteiger partial charge in [0.05, 0.1) is 5.25 Å². The average molecular weight is 289 g/mol. The molecule has 6 nitrogen and oxygen atoms in total. The second-order valence-electron chi connectivity index (χ2n) is 5.59. The molecule has 0 radical (unpaired) electrons. The summed E-state index contributed by atoms with van der Waals surface area (Å²) in [5.74, 6) is 0. The number of hydrogen-bond acceptors (Lipinski definition) is 4. The van der Waals surface area contributed by atoms with Crippen molar-refractivity contribution in [2.24, 2.45) is 0 Å². The molecule has 7 heteroatoms. The highest BCUT2D eigenvalue weighted by atomic mass is 32.2. The van der Waals surface area contributed by atoms with Gasteiger partial charge in [-0.1, -0.05) is 0 Å². The van der Waals surface area contributed by atoms with E-state index in [4.69, 9.17) is 0 Å². The maximum absolute atomic E-state index is 12.3. The van der Waals surface area contributed by atoms with Crippen LogP contribution in [-0.2, 0) is 9.84 Å². The highest BCUT2D eigenvalue weighted by Crippen LogP contribution is 2.18. The Bertz CT molecular complexity index is 422. The van der Waals surface area contributed by atoms with Crippen molar-refractivity contribution in [1.82, 2.24) is 14.7 Å². The normalized spacial score (nSPS) is 23.7. The van der Waals surface area contributed by atoms with Crippen molar-refractivity contribution in [2.75, 3.05) is 52.6 Å². The van der Waals surface area contributed by atoms with E-state index in [-0.39, 0.29) is 11.3 Å². The maximum atomic E-state index is 12.3. The fourth-order valence-corrected chi connectivity index (χ4v) is 3.74. The van der Waals surface area contributed by atoms with Crippen molar-refractivity contribution in [2.45, 2.75) is 18.1 Å². The lowest BCUT2D eigenvalue weighted by atomic mass is 10.1. The number of hydrogen-bond donors (Lipinski definition) is 0. The Kier molecular flexibility index (Phi) is 4.35. The Balaban J connectivity index is 1.86. The Hall–Kier alpha value is -0.820. The third kappa shape index (κ3) is 3.60. The number of likely N-dealkylation sites (tertiary alicyclic amines) is 1. The first-order valence-electron chi connectivity index (χ1n) is 6.79. The number of carbonyl (C=O) groups is 1. The summed E-state index contributed by atoms with van der Waals surface area (Å²) in [6, 6.07) is 0.0695. The van der Waals surface area contributed by atoms with Crippen LogP contribution < -0.4 is 0 Å². The SMILES string of the molecule is CN1CCN(C(=O)N2CCC(S(C)(=O)=O)CC2)CC1. The van der Waals surface area contributed by atoms with Crippen LogP contribution in [0.25, 0.3) is 0 Å². The van der Waals surface area contributed by atoms with Crippen molar-refractivity contribution < 1.29 is 13.2 Å². The topological polar surface area (TPSA) is 60.9 Å². The molecule has 19 heavy (non-hydrogen) atoms. The van der Waals surface area contributed by atoms with Gasteiger partial charge in [0.1, 0.15) is 9.84 Å². The first kappa shape index (κ1) is 14.6. The number of likely N-dealkylation sites (N-methyl/N-ethyl adjacent to an activating group) is 1. The number of amides is 2.